The lowest BCUT2D eigenvalue weighted by molar-refractivity contribution is -0.141. The van der Waals surface area contributed by atoms with Gasteiger partial charge in [0.15, 0.2) is 0 Å². The van der Waals surface area contributed by atoms with E-state index in [0.29, 0.717) is 0 Å². The van der Waals surface area contributed by atoms with Gasteiger partial charge in [-0.25, -0.2) is 9.59 Å². The van der Waals surface area contributed by atoms with E-state index in [1.807, 2.05) is 0 Å². The van der Waals surface area contributed by atoms with Gasteiger partial charge in [0.05, 0.1) is 7.11 Å². The number of carboxylic acids is 1. The molecule has 0 radical (unpaired) electrons. The number of nitrogens with one attached hydrogen (secondary N) is 1. The molecule has 0 bridgehead atoms. The maximum atomic E-state index is 11.0. The van der Waals surface area contributed by atoms with Crippen LogP contribution in [0.15, 0.2) is 0 Å². The van der Waals surface area contributed by atoms with Gasteiger partial charge in [-0.15, -0.1) is 0 Å². The third kappa shape index (κ3) is 3.42. The molecule has 0 heterocycles. The van der Waals surface area contributed by atoms with Crippen LogP contribution in [-0.4, -0.2) is 30.3 Å². The molecule has 0 aliphatic heterocycles. The third-order valence-corrected chi connectivity index (χ3v) is 2.85. The maximum Gasteiger partial charge on any atom is 0.407 e. The minimum atomic E-state index is -0.979. The number of amides is 1. The average molecular weight is 215 g/mol. The molecule has 0 spiro atoms. The Kier molecular flexibility index (Phi) is 4.39. The molecule has 0 saturated heterocycles. The Bertz CT molecular complexity index is 236. The Labute approximate surface area is 88.8 Å². The van der Waals surface area contributed by atoms with Gasteiger partial charge in [0.2, 0.25) is 0 Å². The van der Waals surface area contributed by atoms with Crippen molar-refractivity contribution in [2.45, 2.75) is 38.1 Å². The van der Waals surface area contributed by atoms with Gasteiger partial charge in [0, 0.05) is 0 Å². The monoisotopic (exact) mass is 215 g/mol. The normalized spacial score (nSPS) is 19.3. The molecule has 86 valence electrons. The van der Waals surface area contributed by atoms with Crippen LogP contribution in [0.4, 0.5) is 4.79 Å². The molecule has 1 aliphatic rings. The lowest BCUT2D eigenvalue weighted by atomic mass is 9.84. The SMILES string of the molecule is COC(=O)N[C@H](C(=O)O)C1CCCCC1. The second kappa shape index (κ2) is 5.58. The van der Waals surface area contributed by atoms with Crippen LogP contribution in [0.25, 0.3) is 0 Å². The molecule has 1 saturated carbocycles. The van der Waals surface area contributed by atoms with Crippen LogP contribution < -0.4 is 5.32 Å². The first-order chi connectivity index (χ1) is 7.15. The number of alkyl carbamates (subject to hydrolysis) is 1. The van der Waals surface area contributed by atoms with E-state index in [1.54, 1.807) is 0 Å². The van der Waals surface area contributed by atoms with Crippen LogP contribution >= 0.6 is 0 Å². The second-order valence-electron chi connectivity index (χ2n) is 3.85. The van der Waals surface area contributed by atoms with Crippen LogP contribution in [-0.2, 0) is 9.53 Å². The number of aliphatic carboxylic acids is 1. The van der Waals surface area contributed by atoms with Crippen molar-refractivity contribution in [1.82, 2.24) is 5.32 Å². The Balaban J connectivity index is 2.55. The summed E-state index contributed by atoms with van der Waals surface area (Å²) >= 11 is 0. The van der Waals surface area contributed by atoms with E-state index in [1.165, 1.54) is 7.11 Å². The summed E-state index contributed by atoms with van der Waals surface area (Å²) in [4.78, 5) is 22.0. The topological polar surface area (TPSA) is 75.6 Å². The first-order valence-corrected chi connectivity index (χ1v) is 5.22. The first kappa shape index (κ1) is 11.8. The standard InChI is InChI=1S/C10H17NO4/c1-15-10(14)11-8(9(12)13)7-5-3-2-4-6-7/h7-8H,2-6H2,1H3,(H,11,14)(H,12,13)/t8-/m0/s1. The zero-order valence-corrected chi connectivity index (χ0v) is 8.86. The number of carbonyl (C=O) groups excluding carboxylic acids is 1. The Morgan fingerprint density at radius 1 is 1.33 bits per heavy atom. The van der Waals surface area contributed by atoms with Gasteiger partial charge >= 0.3 is 12.1 Å². The van der Waals surface area contributed by atoms with Crippen LogP contribution in [0.2, 0.25) is 0 Å². The van der Waals surface area contributed by atoms with Gasteiger partial charge in [0.25, 0.3) is 0 Å². The molecule has 1 fully saturated rings. The van der Waals surface area contributed by atoms with Gasteiger partial charge in [-0.2, -0.15) is 0 Å². The highest BCUT2D eigenvalue weighted by molar-refractivity contribution is 5.80. The molecular formula is C10H17NO4. The second-order valence-corrected chi connectivity index (χ2v) is 3.85. The Hall–Kier alpha value is -1.26. The van der Waals surface area contributed by atoms with E-state index in [4.69, 9.17) is 5.11 Å². The number of carbonyl (C=O) groups is 2. The van der Waals surface area contributed by atoms with Gasteiger partial charge < -0.3 is 15.2 Å². The highest BCUT2D eigenvalue weighted by atomic mass is 16.5. The van der Waals surface area contributed by atoms with Crippen molar-refractivity contribution in [2.24, 2.45) is 5.92 Å². The molecule has 1 amide bonds. The number of rotatable bonds is 3. The molecule has 1 atom stereocenters. The van der Waals surface area contributed by atoms with Crippen LogP contribution in [0.5, 0.6) is 0 Å². The van der Waals surface area contributed by atoms with E-state index < -0.39 is 18.1 Å². The Morgan fingerprint density at radius 2 is 1.93 bits per heavy atom. The lowest BCUT2D eigenvalue weighted by Gasteiger charge is -2.27. The zero-order chi connectivity index (χ0) is 11.3. The van der Waals surface area contributed by atoms with Crippen molar-refractivity contribution in [2.75, 3.05) is 7.11 Å². The lowest BCUT2D eigenvalue weighted by Crippen LogP contribution is -2.46. The van der Waals surface area contributed by atoms with Crippen molar-refractivity contribution >= 4 is 12.1 Å². The van der Waals surface area contributed by atoms with Crippen LogP contribution in [0.3, 0.4) is 0 Å². The van der Waals surface area contributed by atoms with Gasteiger partial charge in [-0.05, 0) is 18.8 Å². The summed E-state index contributed by atoms with van der Waals surface area (Å²) in [5.41, 5.74) is 0. The molecule has 5 nitrogen and oxygen atoms in total. The summed E-state index contributed by atoms with van der Waals surface area (Å²) in [7, 11) is 1.23. The molecule has 15 heavy (non-hydrogen) atoms. The first-order valence-electron chi connectivity index (χ1n) is 5.22. The maximum absolute atomic E-state index is 11.0. The molecule has 0 unspecified atom stereocenters. The summed E-state index contributed by atoms with van der Waals surface area (Å²) in [5, 5.41) is 11.4. The zero-order valence-electron chi connectivity index (χ0n) is 8.86. The van der Waals surface area contributed by atoms with Gasteiger partial charge in [-0.1, -0.05) is 19.3 Å². The largest absolute Gasteiger partial charge is 0.480 e. The summed E-state index contributed by atoms with van der Waals surface area (Å²) in [6.45, 7) is 0. The van der Waals surface area contributed by atoms with E-state index in [-0.39, 0.29) is 5.92 Å². The molecule has 0 aromatic heterocycles. The predicted molar refractivity (Wildman–Crippen MR) is 53.5 cm³/mol. The minimum Gasteiger partial charge on any atom is -0.480 e. The highest BCUT2D eigenvalue weighted by Crippen LogP contribution is 2.26. The van der Waals surface area contributed by atoms with Crippen molar-refractivity contribution in [3.05, 3.63) is 0 Å². The fraction of sp³-hybridized carbons (Fsp3) is 0.800. The number of hydrogen-bond acceptors (Lipinski definition) is 3. The summed E-state index contributed by atoms with van der Waals surface area (Å²) < 4.78 is 4.41. The summed E-state index contributed by atoms with van der Waals surface area (Å²) in [6.07, 6.45) is 4.28. The number of hydrogen-bond donors (Lipinski definition) is 2. The number of methoxy groups -OCH3 is 1. The van der Waals surface area contributed by atoms with Crippen LogP contribution in [0.1, 0.15) is 32.1 Å². The van der Waals surface area contributed by atoms with Crippen molar-refractivity contribution in [3.63, 3.8) is 0 Å². The summed E-state index contributed by atoms with van der Waals surface area (Å²) in [6, 6.07) is -0.808. The quantitative estimate of drug-likeness (QED) is 0.745. The number of carboxylic acid groups (broad SMARTS) is 1. The van der Waals surface area contributed by atoms with Crippen molar-refractivity contribution in [3.8, 4) is 0 Å². The molecule has 0 aromatic rings. The average Bonchev–Trinajstić information content (AvgIpc) is 2.26. The molecule has 1 aliphatic carbocycles. The fourth-order valence-electron chi connectivity index (χ4n) is 2.03. The van der Waals surface area contributed by atoms with Gasteiger partial charge in [-0.3, -0.25) is 0 Å². The number of ether oxygens (including phenoxy) is 1. The molecule has 0 aromatic carbocycles. The van der Waals surface area contributed by atoms with Crippen molar-refractivity contribution < 1.29 is 19.4 Å². The van der Waals surface area contributed by atoms with Gasteiger partial charge in [0.1, 0.15) is 6.04 Å². The van der Waals surface area contributed by atoms with E-state index in [2.05, 4.69) is 10.1 Å². The van der Waals surface area contributed by atoms with Crippen LogP contribution in [0, 0.1) is 5.92 Å². The smallest absolute Gasteiger partial charge is 0.407 e. The predicted octanol–water partition coefficient (Wildman–Crippen LogP) is 1.38. The third-order valence-electron chi connectivity index (χ3n) is 2.85. The highest BCUT2D eigenvalue weighted by Gasteiger charge is 2.30. The fourth-order valence-corrected chi connectivity index (χ4v) is 2.03. The minimum absolute atomic E-state index is 0.0374. The van der Waals surface area contributed by atoms with E-state index in [9.17, 15) is 9.59 Å². The molecule has 2 N–H and O–H groups in total. The molecular weight excluding hydrogens is 198 g/mol. The Morgan fingerprint density at radius 3 is 2.40 bits per heavy atom. The molecule has 5 heteroatoms. The van der Waals surface area contributed by atoms with E-state index in [0.717, 1.165) is 32.1 Å². The molecule has 1 rings (SSSR count). The summed E-state index contributed by atoms with van der Waals surface area (Å²) in [5.74, 6) is -0.942. The van der Waals surface area contributed by atoms with E-state index >= 15 is 0 Å². The van der Waals surface area contributed by atoms with Crippen molar-refractivity contribution in [1.29, 1.82) is 0 Å².